The normalized spacial score (nSPS) is 10.7. The van der Waals surface area contributed by atoms with Gasteiger partial charge in [-0.3, -0.25) is 14.6 Å². The summed E-state index contributed by atoms with van der Waals surface area (Å²) >= 11 is 0. The molecule has 5 aromatic rings. The zero-order valence-corrected chi connectivity index (χ0v) is 24.9. The third-order valence-corrected chi connectivity index (χ3v) is 7.00. The molecule has 0 spiro atoms. The van der Waals surface area contributed by atoms with Crippen LogP contribution in [0.15, 0.2) is 109 Å². The summed E-state index contributed by atoms with van der Waals surface area (Å²) in [6.45, 7) is 4.09. The van der Waals surface area contributed by atoms with Crippen molar-refractivity contribution in [2.45, 2.75) is 19.8 Å². The molecule has 226 valence electrons. The fourth-order valence-electron chi connectivity index (χ4n) is 4.55. The topological polar surface area (TPSA) is 127 Å². The van der Waals surface area contributed by atoms with Gasteiger partial charge in [-0.25, -0.2) is 4.79 Å². The molecule has 3 N–H and O–H groups in total. The van der Waals surface area contributed by atoms with Gasteiger partial charge in [0.2, 0.25) is 0 Å². The Morgan fingerprint density at radius 1 is 0.733 bits per heavy atom. The first kappa shape index (κ1) is 30.5. The van der Waals surface area contributed by atoms with Crippen molar-refractivity contribution in [1.29, 1.82) is 0 Å². The van der Waals surface area contributed by atoms with E-state index in [1.165, 1.54) is 25.6 Å². The Hall–Kier alpha value is -5.96. The molecule has 0 aliphatic carbocycles. The van der Waals surface area contributed by atoms with Gasteiger partial charge in [-0.05, 0) is 83.3 Å². The molecule has 0 unspecified atom stereocenters. The summed E-state index contributed by atoms with van der Waals surface area (Å²) in [5.41, 5.74) is 4.08. The summed E-state index contributed by atoms with van der Waals surface area (Å²) in [7, 11) is 1.48. The molecular formula is C36H31N3O6. The van der Waals surface area contributed by atoms with E-state index in [1.807, 2.05) is 32.0 Å². The van der Waals surface area contributed by atoms with Crippen LogP contribution in [0.25, 0.3) is 11.1 Å². The van der Waals surface area contributed by atoms with Crippen molar-refractivity contribution in [1.82, 2.24) is 4.98 Å². The molecule has 45 heavy (non-hydrogen) atoms. The van der Waals surface area contributed by atoms with Crippen LogP contribution < -0.4 is 20.1 Å². The van der Waals surface area contributed by atoms with Crippen molar-refractivity contribution < 1.29 is 29.0 Å². The van der Waals surface area contributed by atoms with E-state index >= 15 is 0 Å². The Morgan fingerprint density at radius 3 is 2.22 bits per heavy atom. The first-order valence-corrected chi connectivity index (χ1v) is 14.2. The van der Waals surface area contributed by atoms with Gasteiger partial charge in [0, 0.05) is 23.6 Å². The molecule has 1 aromatic heterocycles. The minimum atomic E-state index is -0.637. The number of carbonyl (C=O) groups excluding carboxylic acids is 3. The molecule has 0 atom stereocenters. The second-order valence-corrected chi connectivity index (χ2v) is 10.5. The molecule has 9 heteroatoms. The monoisotopic (exact) mass is 601 g/mol. The SMILES string of the molecule is COc1ccc(NC(=O)c2cncc(C(=O)Oc3cccc(C(C)C)c3)c2)cc1NC(=O)c1cccc(-c2ccc(O)cc2)c1. The van der Waals surface area contributed by atoms with Crippen LogP contribution in [0.3, 0.4) is 0 Å². The fraction of sp³-hybridized carbons (Fsp3) is 0.111. The number of nitrogens with one attached hydrogen (secondary N) is 2. The van der Waals surface area contributed by atoms with Crippen LogP contribution in [0.2, 0.25) is 0 Å². The Bertz CT molecular complexity index is 1870. The lowest BCUT2D eigenvalue weighted by atomic mass is 10.0. The van der Waals surface area contributed by atoms with Crippen LogP contribution in [0.4, 0.5) is 11.4 Å². The van der Waals surface area contributed by atoms with E-state index in [9.17, 15) is 19.5 Å². The minimum absolute atomic E-state index is 0.120. The molecule has 0 aliphatic rings. The number of phenols is 1. The van der Waals surface area contributed by atoms with Crippen LogP contribution in [0.1, 0.15) is 56.4 Å². The van der Waals surface area contributed by atoms with E-state index in [2.05, 4.69) is 15.6 Å². The highest BCUT2D eigenvalue weighted by Crippen LogP contribution is 2.30. The van der Waals surface area contributed by atoms with E-state index in [0.29, 0.717) is 28.4 Å². The van der Waals surface area contributed by atoms with E-state index in [-0.39, 0.29) is 28.7 Å². The van der Waals surface area contributed by atoms with Crippen molar-refractivity contribution in [2.24, 2.45) is 0 Å². The number of amides is 2. The lowest BCUT2D eigenvalue weighted by Crippen LogP contribution is -2.16. The van der Waals surface area contributed by atoms with Gasteiger partial charge in [-0.15, -0.1) is 0 Å². The molecule has 9 nitrogen and oxygen atoms in total. The number of benzene rings is 4. The average Bonchev–Trinajstić information content (AvgIpc) is 3.05. The molecule has 0 fully saturated rings. The van der Waals surface area contributed by atoms with Gasteiger partial charge in [0.15, 0.2) is 0 Å². The van der Waals surface area contributed by atoms with Gasteiger partial charge in [-0.1, -0.05) is 50.2 Å². The van der Waals surface area contributed by atoms with E-state index in [0.717, 1.165) is 16.7 Å². The summed E-state index contributed by atoms with van der Waals surface area (Å²) < 4.78 is 11.0. The highest BCUT2D eigenvalue weighted by Gasteiger charge is 2.16. The Labute approximate surface area is 260 Å². The van der Waals surface area contributed by atoms with Crippen LogP contribution in [-0.4, -0.2) is 35.0 Å². The van der Waals surface area contributed by atoms with E-state index < -0.39 is 11.9 Å². The minimum Gasteiger partial charge on any atom is -0.508 e. The van der Waals surface area contributed by atoms with Crippen molar-refractivity contribution >= 4 is 29.2 Å². The van der Waals surface area contributed by atoms with Crippen molar-refractivity contribution in [3.8, 4) is 28.4 Å². The lowest BCUT2D eigenvalue weighted by Gasteiger charge is -2.14. The zero-order valence-electron chi connectivity index (χ0n) is 24.9. The Kier molecular flexibility index (Phi) is 9.19. The average molecular weight is 602 g/mol. The molecular weight excluding hydrogens is 570 g/mol. The van der Waals surface area contributed by atoms with Gasteiger partial charge < -0.3 is 25.2 Å². The molecule has 0 bridgehead atoms. The number of hydrogen-bond donors (Lipinski definition) is 3. The molecule has 0 saturated carbocycles. The number of aromatic nitrogens is 1. The number of rotatable bonds is 9. The number of carbonyl (C=O) groups is 3. The number of anilines is 2. The van der Waals surface area contributed by atoms with Crippen LogP contribution >= 0.6 is 0 Å². The van der Waals surface area contributed by atoms with Crippen LogP contribution in [-0.2, 0) is 0 Å². The highest BCUT2D eigenvalue weighted by atomic mass is 16.5. The van der Waals surface area contributed by atoms with Gasteiger partial charge >= 0.3 is 5.97 Å². The summed E-state index contributed by atoms with van der Waals surface area (Å²) in [6, 6.07) is 27.3. The number of pyridine rings is 1. The summed E-state index contributed by atoms with van der Waals surface area (Å²) in [6.07, 6.45) is 2.68. The maximum Gasteiger partial charge on any atom is 0.345 e. The molecule has 5 rings (SSSR count). The summed E-state index contributed by atoms with van der Waals surface area (Å²) in [4.78, 5) is 43.2. The van der Waals surface area contributed by atoms with E-state index in [4.69, 9.17) is 9.47 Å². The van der Waals surface area contributed by atoms with Gasteiger partial charge in [-0.2, -0.15) is 0 Å². The summed E-state index contributed by atoms with van der Waals surface area (Å²) in [5.74, 6) is -0.310. The Morgan fingerprint density at radius 2 is 1.47 bits per heavy atom. The first-order chi connectivity index (χ1) is 21.7. The molecule has 1 heterocycles. The number of phenolic OH excluding ortho intramolecular Hbond substituents is 1. The maximum absolute atomic E-state index is 13.2. The summed E-state index contributed by atoms with van der Waals surface area (Å²) in [5, 5.41) is 15.2. The lowest BCUT2D eigenvalue weighted by molar-refractivity contribution is 0.0734. The molecule has 0 radical (unpaired) electrons. The molecule has 2 amide bonds. The molecule has 4 aromatic carbocycles. The fourth-order valence-corrected chi connectivity index (χ4v) is 4.55. The quantitative estimate of drug-likeness (QED) is 0.119. The molecule has 0 saturated heterocycles. The number of nitrogens with zero attached hydrogens (tertiary/aromatic N) is 1. The third kappa shape index (κ3) is 7.52. The predicted octanol–water partition coefficient (Wildman–Crippen LogP) is 7.31. The van der Waals surface area contributed by atoms with Crippen LogP contribution in [0.5, 0.6) is 17.2 Å². The smallest absolute Gasteiger partial charge is 0.345 e. The predicted molar refractivity (Wildman–Crippen MR) is 172 cm³/mol. The largest absolute Gasteiger partial charge is 0.508 e. The number of methoxy groups -OCH3 is 1. The van der Waals surface area contributed by atoms with Crippen molar-refractivity contribution in [2.75, 3.05) is 17.7 Å². The van der Waals surface area contributed by atoms with Crippen LogP contribution in [0, 0.1) is 0 Å². The van der Waals surface area contributed by atoms with Crippen molar-refractivity contribution in [3.05, 3.63) is 132 Å². The number of ether oxygens (including phenoxy) is 2. The highest BCUT2D eigenvalue weighted by molar-refractivity contribution is 6.08. The zero-order chi connectivity index (χ0) is 31.9. The van der Waals surface area contributed by atoms with Gasteiger partial charge in [0.1, 0.15) is 17.2 Å². The molecule has 0 aliphatic heterocycles. The van der Waals surface area contributed by atoms with E-state index in [1.54, 1.807) is 72.8 Å². The third-order valence-electron chi connectivity index (χ3n) is 7.00. The maximum atomic E-state index is 13.2. The number of hydrogen-bond acceptors (Lipinski definition) is 7. The van der Waals surface area contributed by atoms with Gasteiger partial charge in [0.25, 0.3) is 11.8 Å². The number of esters is 1. The standard InChI is InChI=1S/C36H31N3O6/c1-22(2)24-6-5-9-31(18-24)45-36(43)28-17-27(20-37-21-28)35(42)38-29-12-15-33(44-3)32(19-29)39-34(41)26-8-4-7-25(16-26)23-10-13-30(40)14-11-23/h4-22,40H,1-3H3,(H,38,42)(H,39,41). The van der Waals surface area contributed by atoms with Crippen molar-refractivity contribution in [3.63, 3.8) is 0 Å². The van der Waals surface area contributed by atoms with Gasteiger partial charge in [0.05, 0.1) is 23.9 Å². The second-order valence-electron chi connectivity index (χ2n) is 10.5. The number of aromatic hydroxyl groups is 1. The Balaban J connectivity index is 1.29. The second kappa shape index (κ2) is 13.6. The first-order valence-electron chi connectivity index (χ1n) is 14.2.